The summed E-state index contributed by atoms with van der Waals surface area (Å²) in [6.07, 6.45) is 0. The highest BCUT2D eigenvalue weighted by molar-refractivity contribution is 7.61. The summed E-state index contributed by atoms with van der Waals surface area (Å²) >= 11 is 0. The van der Waals surface area contributed by atoms with Crippen LogP contribution in [-0.2, 0) is 0 Å². The molecule has 0 aliphatic rings. The molecule has 0 atom stereocenters. The summed E-state index contributed by atoms with van der Waals surface area (Å²) < 4.78 is 8.73. The Morgan fingerprint density at radius 3 is 0.812 bits per heavy atom. The molecule has 0 unspecified atom stereocenters. The van der Waals surface area contributed by atoms with Gasteiger partial charge in [0, 0.05) is 0 Å². The van der Waals surface area contributed by atoms with Crippen molar-refractivity contribution in [1.82, 2.24) is 18.7 Å². The fourth-order valence-electron chi connectivity index (χ4n) is 1.20. The lowest BCUT2D eigenvalue weighted by atomic mass is 11.2. The second-order valence-electron chi connectivity index (χ2n) is 4.19. The van der Waals surface area contributed by atoms with Crippen molar-refractivity contribution in [2.45, 2.75) is 0 Å². The molecule has 0 aliphatic carbocycles. The van der Waals surface area contributed by atoms with Crippen LogP contribution < -0.4 is 0 Å². The first-order valence-corrected chi connectivity index (χ1v) is 7.57. The van der Waals surface area contributed by atoms with Gasteiger partial charge in [-0.3, -0.25) is 18.7 Å². The predicted octanol–water partition coefficient (Wildman–Crippen LogP) is 1.77. The molecule has 0 N–H and O–H groups in total. The SMILES string of the molecule is CN(C)P(C#CP(N(C)C)N(C)C)N(C)C. The van der Waals surface area contributed by atoms with Crippen LogP contribution in [0, 0.1) is 11.3 Å². The van der Waals surface area contributed by atoms with Gasteiger partial charge in [-0.15, -0.1) is 0 Å². The van der Waals surface area contributed by atoms with E-state index >= 15 is 0 Å². The van der Waals surface area contributed by atoms with Gasteiger partial charge < -0.3 is 0 Å². The molecular weight excluding hydrogens is 238 g/mol. The van der Waals surface area contributed by atoms with E-state index in [1.807, 2.05) is 0 Å². The summed E-state index contributed by atoms with van der Waals surface area (Å²) in [6.45, 7) is 0. The van der Waals surface area contributed by atoms with Crippen LogP contribution in [0.15, 0.2) is 0 Å². The third-order valence-corrected chi connectivity index (χ3v) is 5.60. The average molecular weight is 262 g/mol. The standard InChI is InChI=1S/C10H24N4P2/c1-11(2)15(12(3)4)9-10-16(13(5)6)14(7)8/h1-8H3. The molecule has 0 aromatic carbocycles. The van der Waals surface area contributed by atoms with Crippen LogP contribution in [0.25, 0.3) is 0 Å². The minimum absolute atomic E-state index is 0.492. The van der Waals surface area contributed by atoms with Gasteiger partial charge in [-0.2, -0.15) is 0 Å². The molecule has 6 heteroatoms. The van der Waals surface area contributed by atoms with Crippen LogP contribution >= 0.6 is 16.4 Å². The first-order valence-electron chi connectivity index (χ1n) is 5.07. The van der Waals surface area contributed by atoms with Gasteiger partial charge in [-0.25, -0.2) is 0 Å². The molecule has 0 heterocycles. The molecule has 0 radical (unpaired) electrons. The third-order valence-electron chi connectivity index (χ3n) is 1.77. The molecule has 0 saturated heterocycles. The molecule has 0 amide bonds. The molecular formula is C10H24N4P2. The van der Waals surface area contributed by atoms with Gasteiger partial charge in [0.05, 0.1) is 0 Å². The van der Waals surface area contributed by atoms with Crippen LogP contribution in [0.2, 0.25) is 0 Å². The zero-order valence-electron chi connectivity index (χ0n) is 11.7. The Morgan fingerprint density at radius 1 is 0.500 bits per heavy atom. The van der Waals surface area contributed by atoms with Gasteiger partial charge in [0.2, 0.25) is 0 Å². The molecule has 4 nitrogen and oxygen atoms in total. The molecule has 0 bridgehead atoms. The lowest BCUT2D eigenvalue weighted by Crippen LogP contribution is -2.17. The van der Waals surface area contributed by atoms with Gasteiger partial charge in [0.1, 0.15) is 16.4 Å². The Balaban J connectivity index is 4.76. The van der Waals surface area contributed by atoms with Crippen molar-refractivity contribution in [3.05, 3.63) is 0 Å². The maximum Gasteiger partial charge on any atom is 0.121 e. The first-order chi connectivity index (χ1) is 7.27. The maximum absolute atomic E-state index is 3.39. The molecule has 0 saturated carbocycles. The van der Waals surface area contributed by atoms with E-state index in [4.69, 9.17) is 0 Å². The van der Waals surface area contributed by atoms with Gasteiger partial charge in [0.25, 0.3) is 0 Å². The van der Waals surface area contributed by atoms with Crippen molar-refractivity contribution in [1.29, 1.82) is 0 Å². The second-order valence-corrected chi connectivity index (χ2v) is 9.00. The highest BCUT2D eigenvalue weighted by Crippen LogP contribution is 2.43. The van der Waals surface area contributed by atoms with E-state index in [0.717, 1.165) is 0 Å². The van der Waals surface area contributed by atoms with Gasteiger partial charge in [0.15, 0.2) is 0 Å². The number of nitrogens with zero attached hydrogens (tertiary/aromatic N) is 4. The Labute approximate surface area is 103 Å². The fourth-order valence-corrected chi connectivity index (χ4v) is 4.15. The fraction of sp³-hybridized carbons (Fsp3) is 0.800. The summed E-state index contributed by atoms with van der Waals surface area (Å²) in [5.74, 6) is 0. The summed E-state index contributed by atoms with van der Waals surface area (Å²) in [6, 6.07) is 0. The van der Waals surface area contributed by atoms with Crippen LogP contribution in [0.4, 0.5) is 0 Å². The quantitative estimate of drug-likeness (QED) is 0.565. The zero-order valence-corrected chi connectivity index (χ0v) is 13.5. The Hall–Kier alpha value is 0.260. The largest absolute Gasteiger partial charge is 0.266 e. The van der Waals surface area contributed by atoms with Crippen molar-refractivity contribution in [3.63, 3.8) is 0 Å². The Kier molecular flexibility index (Phi) is 7.68. The summed E-state index contributed by atoms with van der Waals surface area (Å²) in [5.41, 5.74) is 6.79. The van der Waals surface area contributed by atoms with Crippen LogP contribution in [0.5, 0.6) is 0 Å². The molecule has 0 aromatic rings. The van der Waals surface area contributed by atoms with E-state index < -0.39 is 16.4 Å². The molecule has 0 spiro atoms. The molecule has 0 aliphatic heterocycles. The number of rotatable bonds is 4. The van der Waals surface area contributed by atoms with Gasteiger partial charge in [-0.05, 0) is 67.7 Å². The maximum atomic E-state index is 3.39. The molecule has 0 aromatic heterocycles. The van der Waals surface area contributed by atoms with E-state index in [0.29, 0.717) is 0 Å². The number of hydrogen-bond donors (Lipinski definition) is 0. The van der Waals surface area contributed by atoms with Crippen molar-refractivity contribution in [2.24, 2.45) is 0 Å². The highest BCUT2D eigenvalue weighted by Gasteiger charge is 2.14. The normalized spacial score (nSPS) is 12.1. The Bertz CT molecular complexity index is 215. The van der Waals surface area contributed by atoms with Crippen molar-refractivity contribution < 1.29 is 0 Å². The van der Waals surface area contributed by atoms with Gasteiger partial charge in [-0.1, -0.05) is 0 Å². The third kappa shape index (κ3) is 5.55. The van der Waals surface area contributed by atoms with E-state index in [1.165, 1.54) is 0 Å². The topological polar surface area (TPSA) is 13.0 Å². The summed E-state index contributed by atoms with van der Waals surface area (Å²) in [7, 11) is 15.6. The van der Waals surface area contributed by atoms with Crippen molar-refractivity contribution in [2.75, 3.05) is 56.4 Å². The number of hydrogen-bond acceptors (Lipinski definition) is 4. The van der Waals surface area contributed by atoms with E-state index in [9.17, 15) is 0 Å². The lowest BCUT2D eigenvalue weighted by molar-refractivity contribution is 0.583. The predicted molar refractivity (Wildman–Crippen MR) is 76.4 cm³/mol. The second kappa shape index (κ2) is 7.56. The van der Waals surface area contributed by atoms with Crippen LogP contribution in [0.1, 0.15) is 0 Å². The van der Waals surface area contributed by atoms with E-state index in [-0.39, 0.29) is 0 Å². The average Bonchev–Trinajstić information content (AvgIpc) is 2.09. The monoisotopic (exact) mass is 262 g/mol. The smallest absolute Gasteiger partial charge is 0.121 e. The van der Waals surface area contributed by atoms with E-state index in [2.05, 4.69) is 86.4 Å². The minimum Gasteiger partial charge on any atom is -0.266 e. The van der Waals surface area contributed by atoms with Crippen molar-refractivity contribution >= 4 is 16.4 Å². The van der Waals surface area contributed by atoms with Crippen LogP contribution in [0.3, 0.4) is 0 Å². The van der Waals surface area contributed by atoms with Crippen LogP contribution in [-0.4, -0.2) is 75.1 Å². The molecule has 0 fully saturated rings. The van der Waals surface area contributed by atoms with Crippen molar-refractivity contribution in [3.8, 4) is 11.3 Å². The minimum atomic E-state index is -0.492. The van der Waals surface area contributed by atoms with E-state index in [1.54, 1.807) is 0 Å². The first kappa shape index (κ1) is 16.3. The van der Waals surface area contributed by atoms with Gasteiger partial charge >= 0.3 is 0 Å². The summed E-state index contributed by atoms with van der Waals surface area (Å²) in [5, 5.41) is 0. The lowest BCUT2D eigenvalue weighted by Gasteiger charge is -2.27. The molecule has 16 heavy (non-hydrogen) atoms. The molecule has 94 valence electrons. The summed E-state index contributed by atoms with van der Waals surface area (Å²) in [4.78, 5) is 0. The highest BCUT2D eigenvalue weighted by atomic mass is 31.1. The Morgan fingerprint density at radius 2 is 0.688 bits per heavy atom. The zero-order chi connectivity index (χ0) is 12.9. The molecule has 0 rings (SSSR count).